The number of anilines is 1. The van der Waals surface area contributed by atoms with Crippen molar-refractivity contribution < 1.29 is 24.3 Å². The molecular weight excluding hydrogens is 268 g/mol. The Morgan fingerprint density at radius 2 is 2.30 bits per heavy atom. The molecule has 1 heterocycles. The van der Waals surface area contributed by atoms with Crippen LogP contribution < -0.4 is 9.64 Å². The molecule has 0 bridgehead atoms. The van der Waals surface area contributed by atoms with E-state index in [4.69, 9.17) is 9.47 Å². The van der Waals surface area contributed by atoms with Crippen LogP contribution in [0.1, 0.15) is 0 Å². The van der Waals surface area contributed by atoms with Gasteiger partial charge in [-0.05, 0) is 0 Å². The van der Waals surface area contributed by atoms with Crippen LogP contribution >= 0.6 is 0 Å². The Bertz CT molecular complexity index is 533. The molecule has 1 aliphatic heterocycles. The van der Waals surface area contributed by atoms with E-state index in [0.717, 1.165) is 0 Å². The number of hydrogen-bond donors (Lipinski definition) is 1. The van der Waals surface area contributed by atoms with E-state index >= 15 is 0 Å². The maximum absolute atomic E-state index is 11.2. The third kappa shape index (κ3) is 2.80. The topological polar surface area (TPSA) is 102 Å². The number of morpholine rings is 1. The highest BCUT2D eigenvalue weighted by molar-refractivity contribution is 5.79. The molecule has 8 nitrogen and oxygen atoms in total. The molecule has 1 atom stereocenters. The molecule has 1 unspecified atom stereocenters. The summed E-state index contributed by atoms with van der Waals surface area (Å²) < 4.78 is 10.2. The van der Waals surface area contributed by atoms with Crippen LogP contribution in [0.5, 0.6) is 5.75 Å². The number of non-ortho nitro benzene ring substituents is 1. The van der Waals surface area contributed by atoms with Crippen molar-refractivity contribution in [3.05, 3.63) is 28.3 Å². The third-order valence-electron chi connectivity index (χ3n) is 3.07. The summed E-state index contributed by atoms with van der Waals surface area (Å²) in [5.74, 6) is -0.722. The predicted molar refractivity (Wildman–Crippen MR) is 69.2 cm³/mol. The minimum Gasteiger partial charge on any atom is -0.496 e. The van der Waals surface area contributed by atoms with Crippen LogP contribution in [0.4, 0.5) is 11.4 Å². The summed E-state index contributed by atoms with van der Waals surface area (Å²) in [4.78, 5) is 23.2. The van der Waals surface area contributed by atoms with Crippen LogP contribution in [-0.2, 0) is 9.53 Å². The lowest BCUT2D eigenvalue weighted by atomic mass is 10.1. The Morgan fingerprint density at radius 3 is 2.90 bits per heavy atom. The van der Waals surface area contributed by atoms with Gasteiger partial charge in [0.25, 0.3) is 5.69 Å². The molecule has 8 heteroatoms. The number of carboxylic acids is 1. The van der Waals surface area contributed by atoms with Gasteiger partial charge in [-0.25, -0.2) is 4.79 Å². The van der Waals surface area contributed by atoms with Gasteiger partial charge in [-0.1, -0.05) is 0 Å². The fraction of sp³-hybridized carbons (Fsp3) is 0.417. The summed E-state index contributed by atoms with van der Waals surface area (Å²) in [6.07, 6.45) is 0. The smallest absolute Gasteiger partial charge is 0.328 e. The first kappa shape index (κ1) is 14.1. The van der Waals surface area contributed by atoms with Crippen molar-refractivity contribution in [2.75, 3.05) is 31.8 Å². The fourth-order valence-corrected chi connectivity index (χ4v) is 2.07. The number of rotatable bonds is 4. The first-order chi connectivity index (χ1) is 9.52. The van der Waals surface area contributed by atoms with Gasteiger partial charge in [0.2, 0.25) is 0 Å². The van der Waals surface area contributed by atoms with E-state index in [9.17, 15) is 20.0 Å². The van der Waals surface area contributed by atoms with Gasteiger partial charge in [0.05, 0.1) is 31.3 Å². The van der Waals surface area contributed by atoms with Gasteiger partial charge in [0, 0.05) is 24.4 Å². The molecule has 0 saturated carbocycles. The van der Waals surface area contributed by atoms with E-state index in [-0.39, 0.29) is 12.3 Å². The maximum atomic E-state index is 11.2. The van der Waals surface area contributed by atoms with Gasteiger partial charge >= 0.3 is 5.97 Å². The average Bonchev–Trinajstić information content (AvgIpc) is 2.46. The van der Waals surface area contributed by atoms with E-state index < -0.39 is 16.9 Å². The van der Waals surface area contributed by atoms with Gasteiger partial charge in [0.15, 0.2) is 6.04 Å². The number of nitro benzene ring substituents is 1. The molecule has 1 aromatic rings. The molecule has 1 aromatic carbocycles. The Hall–Kier alpha value is -2.35. The molecule has 0 aliphatic carbocycles. The number of nitrogens with zero attached hydrogens (tertiary/aromatic N) is 2. The molecule has 0 aromatic heterocycles. The van der Waals surface area contributed by atoms with Crippen LogP contribution in [0.2, 0.25) is 0 Å². The van der Waals surface area contributed by atoms with Crippen molar-refractivity contribution in [2.45, 2.75) is 6.04 Å². The maximum Gasteiger partial charge on any atom is 0.328 e. The van der Waals surface area contributed by atoms with Crippen molar-refractivity contribution >= 4 is 17.3 Å². The van der Waals surface area contributed by atoms with E-state index in [1.807, 2.05) is 0 Å². The zero-order valence-corrected chi connectivity index (χ0v) is 10.8. The van der Waals surface area contributed by atoms with Gasteiger partial charge < -0.3 is 19.5 Å². The summed E-state index contributed by atoms with van der Waals surface area (Å²) in [7, 11) is 1.40. The van der Waals surface area contributed by atoms with Crippen LogP contribution in [0.25, 0.3) is 0 Å². The van der Waals surface area contributed by atoms with Crippen molar-refractivity contribution in [3.63, 3.8) is 0 Å². The first-order valence-electron chi connectivity index (χ1n) is 5.93. The number of ether oxygens (including phenoxy) is 2. The summed E-state index contributed by atoms with van der Waals surface area (Å²) in [6, 6.07) is 3.34. The normalized spacial score (nSPS) is 18.6. The van der Waals surface area contributed by atoms with Crippen LogP contribution in [0.15, 0.2) is 18.2 Å². The minimum atomic E-state index is -1.03. The predicted octanol–water partition coefficient (Wildman–Crippen LogP) is 0.893. The van der Waals surface area contributed by atoms with Crippen LogP contribution in [0, 0.1) is 10.1 Å². The second-order valence-corrected chi connectivity index (χ2v) is 4.27. The van der Waals surface area contributed by atoms with Crippen LogP contribution in [-0.4, -0.2) is 48.9 Å². The Kier molecular flexibility index (Phi) is 4.04. The number of carbonyl (C=O) groups is 1. The van der Waals surface area contributed by atoms with E-state index in [1.54, 1.807) is 11.0 Å². The van der Waals surface area contributed by atoms with E-state index in [0.29, 0.717) is 24.6 Å². The van der Waals surface area contributed by atoms with Gasteiger partial charge in [0.1, 0.15) is 5.75 Å². The van der Waals surface area contributed by atoms with Crippen molar-refractivity contribution in [1.82, 2.24) is 0 Å². The SMILES string of the molecule is COc1cc(N2CCOCC2C(=O)O)cc([N+](=O)[O-])c1. The number of methoxy groups -OCH3 is 1. The average molecular weight is 282 g/mol. The number of aliphatic carboxylic acids is 1. The number of hydrogen-bond acceptors (Lipinski definition) is 6. The molecule has 0 radical (unpaired) electrons. The lowest BCUT2D eigenvalue weighted by molar-refractivity contribution is -0.384. The second-order valence-electron chi connectivity index (χ2n) is 4.27. The molecule has 1 aliphatic rings. The highest BCUT2D eigenvalue weighted by Crippen LogP contribution is 2.30. The quantitative estimate of drug-likeness (QED) is 0.646. The molecule has 1 N–H and O–H groups in total. The first-order valence-corrected chi connectivity index (χ1v) is 5.93. The van der Waals surface area contributed by atoms with Gasteiger partial charge in [-0.2, -0.15) is 0 Å². The van der Waals surface area contributed by atoms with Gasteiger partial charge in [-0.15, -0.1) is 0 Å². The monoisotopic (exact) mass is 282 g/mol. The standard InChI is InChI=1S/C12H14N2O6/c1-19-10-5-8(4-9(6-10)14(17)18)13-2-3-20-7-11(13)12(15)16/h4-6,11H,2-3,7H2,1H3,(H,15,16). The summed E-state index contributed by atoms with van der Waals surface area (Å²) in [6.45, 7) is 0.760. The summed E-state index contributed by atoms with van der Waals surface area (Å²) >= 11 is 0. The highest BCUT2D eigenvalue weighted by atomic mass is 16.6. The number of carboxylic acid groups (broad SMARTS) is 1. The largest absolute Gasteiger partial charge is 0.496 e. The molecule has 1 saturated heterocycles. The number of benzene rings is 1. The highest BCUT2D eigenvalue weighted by Gasteiger charge is 2.30. The molecule has 0 spiro atoms. The van der Waals surface area contributed by atoms with Crippen molar-refractivity contribution in [3.8, 4) is 5.75 Å². The molecule has 20 heavy (non-hydrogen) atoms. The van der Waals surface area contributed by atoms with Crippen LogP contribution in [0.3, 0.4) is 0 Å². The molecule has 1 fully saturated rings. The summed E-state index contributed by atoms with van der Waals surface area (Å²) in [5, 5.41) is 20.1. The molecule has 108 valence electrons. The lowest BCUT2D eigenvalue weighted by Crippen LogP contribution is -2.50. The fourth-order valence-electron chi connectivity index (χ4n) is 2.07. The van der Waals surface area contributed by atoms with Gasteiger partial charge in [-0.3, -0.25) is 10.1 Å². The molecular formula is C12H14N2O6. The third-order valence-corrected chi connectivity index (χ3v) is 3.07. The zero-order chi connectivity index (χ0) is 14.7. The van der Waals surface area contributed by atoms with E-state index in [1.165, 1.54) is 19.2 Å². The Morgan fingerprint density at radius 1 is 1.55 bits per heavy atom. The Labute approximate surface area is 114 Å². The molecule has 0 amide bonds. The number of nitro groups is 1. The zero-order valence-electron chi connectivity index (χ0n) is 10.8. The molecule has 2 rings (SSSR count). The van der Waals surface area contributed by atoms with Crippen molar-refractivity contribution in [1.29, 1.82) is 0 Å². The lowest BCUT2D eigenvalue weighted by Gasteiger charge is -2.34. The minimum absolute atomic E-state index is 0.0420. The summed E-state index contributed by atoms with van der Waals surface area (Å²) in [5.41, 5.74) is 0.293. The Balaban J connectivity index is 2.41. The van der Waals surface area contributed by atoms with Crippen molar-refractivity contribution in [2.24, 2.45) is 0 Å². The van der Waals surface area contributed by atoms with E-state index in [2.05, 4.69) is 0 Å². The second kappa shape index (κ2) is 5.74.